The number of nitrogens with zero attached hydrogens (tertiary/aromatic N) is 5. The molecule has 1 N–H and O–H groups in total. The molecule has 9 heteroatoms. The van der Waals surface area contributed by atoms with E-state index in [9.17, 15) is 8.42 Å². The van der Waals surface area contributed by atoms with Gasteiger partial charge in [-0.1, -0.05) is 0 Å². The van der Waals surface area contributed by atoms with Gasteiger partial charge in [-0.15, -0.1) is 10.2 Å². The summed E-state index contributed by atoms with van der Waals surface area (Å²) in [7, 11) is 0.993. The van der Waals surface area contributed by atoms with Crippen molar-refractivity contribution in [2.75, 3.05) is 39.5 Å². The average Bonchev–Trinajstić information content (AvgIpc) is 3.00. The van der Waals surface area contributed by atoms with Gasteiger partial charge in [0.05, 0.1) is 12.8 Å². The highest BCUT2D eigenvalue weighted by molar-refractivity contribution is 7.88. The first kappa shape index (κ1) is 17.3. The molecular formula is C13H26N6O2S. The van der Waals surface area contributed by atoms with Gasteiger partial charge in [0.15, 0.2) is 0 Å². The number of aryl methyl sites for hydroxylation is 1. The van der Waals surface area contributed by atoms with Crippen LogP contribution in [0.2, 0.25) is 0 Å². The Balaban J connectivity index is 1.78. The number of sulfonamides is 1. The summed E-state index contributed by atoms with van der Waals surface area (Å²) in [5, 5.41) is 8.29. The zero-order valence-corrected chi connectivity index (χ0v) is 14.6. The lowest BCUT2D eigenvalue weighted by molar-refractivity contribution is 0.219. The van der Waals surface area contributed by atoms with E-state index in [1.54, 1.807) is 0 Å². The maximum Gasteiger partial charge on any atom is 0.208 e. The van der Waals surface area contributed by atoms with Gasteiger partial charge in [0.1, 0.15) is 11.6 Å². The van der Waals surface area contributed by atoms with Crippen LogP contribution in [-0.4, -0.2) is 78.5 Å². The molecule has 1 fully saturated rings. The molecule has 0 unspecified atom stereocenters. The van der Waals surface area contributed by atoms with Gasteiger partial charge in [0, 0.05) is 32.7 Å². The molecule has 0 bridgehead atoms. The van der Waals surface area contributed by atoms with Gasteiger partial charge in [0.25, 0.3) is 0 Å². The van der Waals surface area contributed by atoms with Crippen LogP contribution in [0.4, 0.5) is 0 Å². The number of likely N-dealkylation sites (tertiary alicyclic amines) is 1. The molecule has 0 aliphatic carbocycles. The predicted molar refractivity (Wildman–Crippen MR) is 84.9 cm³/mol. The molecule has 1 aliphatic heterocycles. The largest absolute Gasteiger partial charge is 0.317 e. The first-order valence-corrected chi connectivity index (χ1v) is 9.37. The molecule has 0 aromatic carbocycles. The fourth-order valence-electron chi connectivity index (χ4n) is 2.71. The maximum atomic E-state index is 11.1. The highest BCUT2D eigenvalue weighted by atomic mass is 32.2. The van der Waals surface area contributed by atoms with Crippen molar-refractivity contribution in [1.82, 2.24) is 29.3 Å². The number of rotatable bonds is 7. The van der Waals surface area contributed by atoms with E-state index in [0.29, 0.717) is 12.6 Å². The topological polar surface area (TPSA) is 83.4 Å². The van der Waals surface area contributed by atoms with Crippen molar-refractivity contribution in [1.29, 1.82) is 0 Å². The lowest BCUT2D eigenvalue weighted by Gasteiger charge is -2.24. The molecule has 1 atom stereocenters. The minimum Gasteiger partial charge on any atom is -0.317 e. The van der Waals surface area contributed by atoms with Gasteiger partial charge < -0.3 is 9.47 Å². The molecule has 8 nitrogen and oxygen atoms in total. The highest BCUT2D eigenvalue weighted by Gasteiger charge is 2.26. The number of hydrogen-bond donors (Lipinski definition) is 1. The molecule has 1 saturated heterocycles. The third kappa shape index (κ3) is 4.73. The van der Waals surface area contributed by atoms with Gasteiger partial charge in [-0.2, -0.15) is 0 Å². The summed E-state index contributed by atoms with van der Waals surface area (Å²) in [4.78, 5) is 4.59. The number of aromatic nitrogens is 3. The van der Waals surface area contributed by atoms with Gasteiger partial charge in [-0.05, 0) is 26.9 Å². The summed E-state index contributed by atoms with van der Waals surface area (Å²) in [6.07, 6.45) is 2.28. The SMILES string of the molecule is Cc1nnc(CN(C)[C@@H]2CCN(CCNS(C)(=O)=O)C2)n1C. The molecule has 2 heterocycles. The molecule has 1 aliphatic rings. The van der Waals surface area contributed by atoms with Crippen LogP contribution in [0.25, 0.3) is 0 Å². The third-order valence-electron chi connectivity index (χ3n) is 4.24. The van der Waals surface area contributed by atoms with Crippen LogP contribution in [0, 0.1) is 6.92 Å². The lowest BCUT2D eigenvalue weighted by atomic mass is 10.2. The predicted octanol–water partition coefficient (Wildman–Crippen LogP) is -0.821. The van der Waals surface area contributed by atoms with Crippen molar-refractivity contribution in [3.05, 3.63) is 11.6 Å². The van der Waals surface area contributed by atoms with Crippen LogP contribution in [0.3, 0.4) is 0 Å². The van der Waals surface area contributed by atoms with Gasteiger partial charge in [-0.3, -0.25) is 4.90 Å². The van der Waals surface area contributed by atoms with Crippen LogP contribution < -0.4 is 4.72 Å². The van der Waals surface area contributed by atoms with Crippen molar-refractivity contribution in [2.24, 2.45) is 7.05 Å². The van der Waals surface area contributed by atoms with Crippen molar-refractivity contribution in [3.63, 3.8) is 0 Å². The second-order valence-corrected chi connectivity index (χ2v) is 7.88. The Hall–Kier alpha value is -1.03. The minimum atomic E-state index is -3.09. The van der Waals surface area contributed by atoms with E-state index >= 15 is 0 Å². The Morgan fingerprint density at radius 1 is 1.41 bits per heavy atom. The summed E-state index contributed by atoms with van der Waals surface area (Å²) < 4.78 is 26.7. The monoisotopic (exact) mass is 330 g/mol. The Morgan fingerprint density at radius 2 is 2.14 bits per heavy atom. The third-order valence-corrected chi connectivity index (χ3v) is 4.97. The summed E-state index contributed by atoms with van der Waals surface area (Å²) >= 11 is 0. The first-order valence-electron chi connectivity index (χ1n) is 7.48. The number of likely N-dealkylation sites (N-methyl/N-ethyl adjacent to an activating group) is 1. The highest BCUT2D eigenvalue weighted by Crippen LogP contribution is 2.15. The fraction of sp³-hybridized carbons (Fsp3) is 0.846. The smallest absolute Gasteiger partial charge is 0.208 e. The lowest BCUT2D eigenvalue weighted by Crippen LogP contribution is -2.37. The summed E-state index contributed by atoms with van der Waals surface area (Å²) in [6.45, 7) is 5.90. The van der Waals surface area contributed by atoms with Crippen LogP contribution in [0.1, 0.15) is 18.1 Å². The quantitative estimate of drug-likeness (QED) is 0.703. The molecule has 0 amide bonds. The molecule has 0 saturated carbocycles. The zero-order chi connectivity index (χ0) is 16.3. The van der Waals surface area contributed by atoms with E-state index in [4.69, 9.17) is 0 Å². The Morgan fingerprint density at radius 3 is 2.73 bits per heavy atom. The van der Waals surface area contributed by atoms with E-state index in [1.165, 1.54) is 6.26 Å². The van der Waals surface area contributed by atoms with E-state index in [0.717, 1.165) is 44.2 Å². The van der Waals surface area contributed by atoms with Gasteiger partial charge in [0.2, 0.25) is 10.0 Å². The van der Waals surface area contributed by atoms with E-state index in [-0.39, 0.29) is 0 Å². The number of nitrogens with one attached hydrogen (secondary N) is 1. The molecule has 0 spiro atoms. The van der Waals surface area contributed by atoms with E-state index < -0.39 is 10.0 Å². The second-order valence-electron chi connectivity index (χ2n) is 6.05. The van der Waals surface area contributed by atoms with Crippen molar-refractivity contribution in [3.8, 4) is 0 Å². The summed E-state index contributed by atoms with van der Waals surface area (Å²) in [5.74, 6) is 1.89. The van der Waals surface area contributed by atoms with Crippen molar-refractivity contribution < 1.29 is 8.42 Å². The van der Waals surface area contributed by atoms with Crippen LogP contribution in [0.5, 0.6) is 0 Å². The molecule has 1 aromatic rings. The molecule has 1 aromatic heterocycles. The zero-order valence-electron chi connectivity index (χ0n) is 13.8. The molecule has 126 valence electrons. The average molecular weight is 330 g/mol. The standard InChI is InChI=1S/C13H26N6O2S/c1-11-15-16-13(18(11)3)10-17(2)12-5-7-19(9-12)8-6-14-22(4,20)21/h12,14H,5-10H2,1-4H3/t12-/m1/s1. The molecular weight excluding hydrogens is 304 g/mol. The summed E-state index contributed by atoms with van der Waals surface area (Å²) in [5.41, 5.74) is 0. The second kappa shape index (κ2) is 7.03. The van der Waals surface area contributed by atoms with Crippen LogP contribution >= 0.6 is 0 Å². The summed E-state index contributed by atoms with van der Waals surface area (Å²) in [6, 6.07) is 0.468. The Labute approximate surface area is 132 Å². The van der Waals surface area contributed by atoms with Crippen LogP contribution in [-0.2, 0) is 23.6 Å². The van der Waals surface area contributed by atoms with Crippen molar-refractivity contribution >= 4 is 10.0 Å². The molecule has 0 radical (unpaired) electrons. The number of hydrogen-bond acceptors (Lipinski definition) is 6. The van der Waals surface area contributed by atoms with Crippen LogP contribution in [0.15, 0.2) is 0 Å². The normalized spacial score (nSPS) is 20.1. The first-order chi connectivity index (χ1) is 10.3. The van der Waals surface area contributed by atoms with E-state index in [2.05, 4.69) is 31.8 Å². The van der Waals surface area contributed by atoms with Gasteiger partial charge in [-0.25, -0.2) is 13.1 Å². The maximum absolute atomic E-state index is 11.1. The minimum absolute atomic E-state index is 0.468. The van der Waals surface area contributed by atoms with E-state index in [1.807, 2.05) is 18.5 Å². The molecule has 2 rings (SSSR count). The Bertz CT molecular complexity index is 600. The fourth-order valence-corrected chi connectivity index (χ4v) is 3.17. The van der Waals surface area contributed by atoms with Crippen molar-refractivity contribution in [2.45, 2.75) is 25.9 Å². The Kier molecular flexibility index (Phi) is 5.54. The molecule has 22 heavy (non-hydrogen) atoms. The van der Waals surface area contributed by atoms with Gasteiger partial charge >= 0.3 is 0 Å².